The van der Waals surface area contributed by atoms with E-state index in [1.807, 2.05) is 13.8 Å². The molecule has 2 atom stereocenters. The van der Waals surface area contributed by atoms with Crippen molar-refractivity contribution in [2.45, 2.75) is 45.2 Å². The molecule has 1 saturated heterocycles. The third-order valence-corrected chi connectivity index (χ3v) is 6.31. The van der Waals surface area contributed by atoms with E-state index < -0.39 is 11.9 Å². The number of nitrogens with one attached hydrogen (secondary N) is 2. The van der Waals surface area contributed by atoms with E-state index in [1.54, 1.807) is 36.3 Å². The van der Waals surface area contributed by atoms with Gasteiger partial charge in [0.2, 0.25) is 5.91 Å². The molecule has 0 aromatic heterocycles. The topological polar surface area (TPSA) is 87.7 Å². The molecule has 7 nitrogen and oxygen atoms in total. The van der Waals surface area contributed by atoms with Crippen LogP contribution in [0.3, 0.4) is 0 Å². The largest absolute Gasteiger partial charge is 0.497 e. The molecule has 0 aliphatic carbocycles. The molecular weight excluding hydrogens is 437 g/mol. The zero-order chi connectivity index (χ0) is 24.7. The Morgan fingerprint density at radius 1 is 1.00 bits per heavy atom. The van der Waals surface area contributed by atoms with Gasteiger partial charge in [0.1, 0.15) is 17.6 Å². The molecule has 2 aromatic carbocycles. The molecule has 2 N–H and O–H groups in total. The van der Waals surface area contributed by atoms with Crippen LogP contribution < -0.4 is 15.4 Å². The summed E-state index contributed by atoms with van der Waals surface area (Å²) in [5.74, 6) is -0.597. The maximum Gasteiger partial charge on any atom is 0.253 e. The number of ether oxygens (including phenoxy) is 1. The van der Waals surface area contributed by atoms with Crippen molar-refractivity contribution in [2.24, 2.45) is 5.92 Å². The van der Waals surface area contributed by atoms with E-state index in [-0.39, 0.29) is 29.7 Å². The van der Waals surface area contributed by atoms with Gasteiger partial charge < -0.3 is 20.3 Å². The van der Waals surface area contributed by atoms with Crippen molar-refractivity contribution in [2.75, 3.05) is 20.2 Å². The molecule has 0 radical (unpaired) electrons. The number of nitrogens with zero attached hydrogens (tertiary/aromatic N) is 1. The first-order chi connectivity index (χ1) is 16.3. The van der Waals surface area contributed by atoms with Gasteiger partial charge in [-0.05, 0) is 80.6 Å². The lowest BCUT2D eigenvalue weighted by atomic mass is 9.88. The molecule has 2 aromatic rings. The summed E-state index contributed by atoms with van der Waals surface area (Å²) in [5.41, 5.74) is 0.866. The van der Waals surface area contributed by atoms with Crippen molar-refractivity contribution in [3.05, 3.63) is 65.5 Å². The Morgan fingerprint density at radius 2 is 1.59 bits per heavy atom. The smallest absolute Gasteiger partial charge is 0.253 e. The third kappa shape index (κ3) is 6.34. The summed E-state index contributed by atoms with van der Waals surface area (Å²) < 4.78 is 18.3. The van der Waals surface area contributed by atoms with Gasteiger partial charge in [-0.3, -0.25) is 14.4 Å². The van der Waals surface area contributed by atoms with E-state index in [1.165, 1.54) is 24.3 Å². The average molecular weight is 470 g/mol. The SMILES string of the molecule is CC[C@@H](C)NC(=O)[C@@H](NC(=O)c1ccc(OC)cc1)C1CCN(C(=O)c2ccc(F)cc2)CC1. The first kappa shape index (κ1) is 25.2. The van der Waals surface area contributed by atoms with Crippen LogP contribution in [-0.2, 0) is 4.79 Å². The van der Waals surface area contributed by atoms with Crippen molar-refractivity contribution < 1.29 is 23.5 Å². The highest BCUT2D eigenvalue weighted by atomic mass is 19.1. The summed E-state index contributed by atoms with van der Waals surface area (Å²) in [6.07, 6.45) is 1.90. The van der Waals surface area contributed by atoms with Gasteiger partial charge in [0.05, 0.1) is 7.11 Å². The Hall–Kier alpha value is -3.42. The molecular formula is C26H32FN3O4. The summed E-state index contributed by atoms with van der Waals surface area (Å²) in [6, 6.07) is 11.4. The highest BCUT2D eigenvalue weighted by Gasteiger charge is 2.34. The minimum atomic E-state index is -0.716. The van der Waals surface area contributed by atoms with Crippen LogP contribution in [0.15, 0.2) is 48.5 Å². The molecule has 1 aliphatic heterocycles. The molecule has 3 rings (SSSR count). The predicted molar refractivity (Wildman–Crippen MR) is 127 cm³/mol. The molecule has 0 unspecified atom stereocenters. The minimum Gasteiger partial charge on any atom is -0.497 e. The Morgan fingerprint density at radius 3 is 2.15 bits per heavy atom. The lowest BCUT2D eigenvalue weighted by Crippen LogP contribution is -2.55. The van der Waals surface area contributed by atoms with E-state index >= 15 is 0 Å². The third-order valence-electron chi connectivity index (χ3n) is 6.31. The first-order valence-corrected chi connectivity index (χ1v) is 11.6. The van der Waals surface area contributed by atoms with Crippen molar-refractivity contribution in [1.29, 1.82) is 0 Å². The summed E-state index contributed by atoms with van der Waals surface area (Å²) in [5, 5.41) is 5.89. The second kappa shape index (κ2) is 11.6. The molecule has 0 bridgehead atoms. The molecule has 34 heavy (non-hydrogen) atoms. The first-order valence-electron chi connectivity index (χ1n) is 11.6. The normalized spacial score (nSPS) is 15.8. The van der Waals surface area contributed by atoms with Gasteiger partial charge in [0, 0.05) is 30.3 Å². The molecule has 3 amide bonds. The van der Waals surface area contributed by atoms with Crippen LogP contribution in [0, 0.1) is 11.7 Å². The Balaban J connectivity index is 1.69. The summed E-state index contributed by atoms with van der Waals surface area (Å²) in [7, 11) is 1.55. The van der Waals surface area contributed by atoms with Gasteiger partial charge >= 0.3 is 0 Å². The van der Waals surface area contributed by atoms with Gasteiger partial charge in [0.15, 0.2) is 0 Å². The highest BCUT2D eigenvalue weighted by molar-refractivity contribution is 5.98. The van der Waals surface area contributed by atoms with Crippen LogP contribution in [-0.4, -0.2) is 54.9 Å². The molecule has 1 aliphatic rings. The molecule has 8 heteroatoms. The van der Waals surface area contributed by atoms with Crippen molar-refractivity contribution in [3.63, 3.8) is 0 Å². The Kier molecular flexibility index (Phi) is 8.62. The quantitative estimate of drug-likeness (QED) is 0.620. The summed E-state index contributed by atoms with van der Waals surface area (Å²) in [6.45, 7) is 4.80. The molecule has 1 heterocycles. The zero-order valence-electron chi connectivity index (χ0n) is 19.8. The van der Waals surface area contributed by atoms with Crippen LogP contribution >= 0.6 is 0 Å². The van der Waals surface area contributed by atoms with Gasteiger partial charge in [-0.2, -0.15) is 0 Å². The van der Waals surface area contributed by atoms with E-state index in [0.717, 1.165) is 6.42 Å². The standard InChI is InChI=1S/C26H32FN3O4/c1-4-17(2)28-25(32)23(29-24(31)19-7-11-22(34-3)12-8-19)18-13-15-30(16-14-18)26(33)20-5-9-21(27)10-6-20/h5-12,17-18,23H,4,13-16H2,1-3H3,(H,28,32)(H,29,31)/t17-,23+/m1/s1. The summed E-state index contributed by atoms with van der Waals surface area (Å²) >= 11 is 0. The molecule has 182 valence electrons. The van der Waals surface area contributed by atoms with Gasteiger partial charge in [-0.15, -0.1) is 0 Å². The maximum absolute atomic E-state index is 13.2. The van der Waals surface area contributed by atoms with Crippen LogP contribution in [0.5, 0.6) is 5.75 Å². The number of piperidine rings is 1. The van der Waals surface area contributed by atoms with Crippen LogP contribution in [0.1, 0.15) is 53.8 Å². The molecule has 0 spiro atoms. The van der Waals surface area contributed by atoms with Crippen molar-refractivity contribution in [1.82, 2.24) is 15.5 Å². The van der Waals surface area contributed by atoms with Crippen molar-refractivity contribution in [3.8, 4) is 5.75 Å². The minimum absolute atomic E-state index is 0.0203. The Labute approximate surface area is 199 Å². The fraction of sp³-hybridized carbons (Fsp3) is 0.423. The second-order valence-corrected chi connectivity index (χ2v) is 8.63. The highest BCUT2D eigenvalue weighted by Crippen LogP contribution is 2.23. The van der Waals surface area contributed by atoms with Gasteiger partial charge in [0.25, 0.3) is 11.8 Å². The number of rotatable bonds is 8. The Bertz CT molecular complexity index is 986. The monoisotopic (exact) mass is 469 g/mol. The predicted octanol–water partition coefficient (Wildman–Crippen LogP) is 3.40. The number of carbonyl (C=O) groups is 3. The lowest BCUT2D eigenvalue weighted by Gasteiger charge is -2.36. The van der Waals surface area contributed by atoms with E-state index in [4.69, 9.17) is 4.74 Å². The lowest BCUT2D eigenvalue weighted by molar-refractivity contribution is -0.125. The van der Waals surface area contributed by atoms with E-state index in [9.17, 15) is 18.8 Å². The fourth-order valence-electron chi connectivity index (χ4n) is 4.01. The average Bonchev–Trinajstić information content (AvgIpc) is 2.87. The van der Waals surface area contributed by atoms with Gasteiger partial charge in [-0.1, -0.05) is 6.92 Å². The number of carbonyl (C=O) groups excluding carboxylic acids is 3. The number of likely N-dealkylation sites (tertiary alicyclic amines) is 1. The number of amides is 3. The maximum atomic E-state index is 13.2. The zero-order valence-corrected chi connectivity index (χ0v) is 19.8. The number of methoxy groups -OCH3 is 1. The summed E-state index contributed by atoms with van der Waals surface area (Å²) in [4.78, 5) is 40.5. The second-order valence-electron chi connectivity index (χ2n) is 8.63. The number of benzene rings is 2. The van der Waals surface area contributed by atoms with Crippen molar-refractivity contribution >= 4 is 17.7 Å². The van der Waals surface area contributed by atoms with E-state index in [0.29, 0.717) is 42.8 Å². The molecule has 1 fully saturated rings. The fourth-order valence-corrected chi connectivity index (χ4v) is 4.01. The van der Waals surface area contributed by atoms with E-state index in [2.05, 4.69) is 10.6 Å². The molecule has 0 saturated carbocycles. The number of hydrogen-bond acceptors (Lipinski definition) is 4. The van der Waals surface area contributed by atoms with Crippen LogP contribution in [0.25, 0.3) is 0 Å². The number of halogens is 1. The number of hydrogen-bond donors (Lipinski definition) is 2. The van der Waals surface area contributed by atoms with Crippen LogP contribution in [0.2, 0.25) is 0 Å². The van der Waals surface area contributed by atoms with Gasteiger partial charge in [-0.25, -0.2) is 4.39 Å². The van der Waals surface area contributed by atoms with Crippen LogP contribution in [0.4, 0.5) is 4.39 Å².